The minimum absolute atomic E-state index is 0.0396. The van der Waals surface area contributed by atoms with Crippen LogP contribution in [0.4, 0.5) is 20.2 Å². The Morgan fingerprint density at radius 1 is 0.810 bits per heavy atom. The lowest BCUT2D eigenvalue weighted by Gasteiger charge is -2.36. The van der Waals surface area contributed by atoms with E-state index in [0.717, 1.165) is 25.4 Å². The van der Waals surface area contributed by atoms with Crippen molar-refractivity contribution in [3.8, 4) is 17.8 Å². The maximum absolute atomic E-state index is 15.7. The van der Waals surface area contributed by atoms with E-state index in [9.17, 15) is 14.7 Å². The molecule has 0 unspecified atom stereocenters. The fourth-order valence-electron chi connectivity index (χ4n) is 5.67. The van der Waals surface area contributed by atoms with Crippen LogP contribution < -0.4 is 15.2 Å². The molecule has 218 valence electrons. The van der Waals surface area contributed by atoms with Gasteiger partial charge in [-0.15, -0.1) is 0 Å². The minimum atomic E-state index is -1.49. The van der Waals surface area contributed by atoms with E-state index in [1.54, 1.807) is 12.1 Å². The zero-order valence-electron chi connectivity index (χ0n) is 23.1. The number of halogens is 2. The normalized spacial score (nSPS) is 16.4. The average molecular weight is 576 g/mol. The number of nitrogens with zero attached hydrogens (tertiary/aromatic N) is 7. The van der Waals surface area contributed by atoms with Crippen LogP contribution in [0.15, 0.2) is 41.3 Å². The standard InChI is InChI=1S/C30H31F2N7O3/c31-24-17-21(37-13-9-35(10-14-37)7-1-5-33)3-4-26(24)39-20-23(30(41)42)29(40)22-18-25(32)28(19-27(22)39)38-15-11-36(12-16-38)8-2-6-34/h3-4,17-20H,1-2,7-16H2,(H,41,42). The van der Waals surface area contributed by atoms with E-state index in [0.29, 0.717) is 70.9 Å². The molecule has 2 aromatic carbocycles. The molecule has 1 aromatic heterocycles. The van der Waals surface area contributed by atoms with E-state index in [4.69, 9.17) is 10.5 Å². The van der Waals surface area contributed by atoms with Crippen LogP contribution in [0.2, 0.25) is 0 Å². The number of aromatic carboxylic acids is 1. The molecule has 0 radical (unpaired) electrons. The first-order valence-electron chi connectivity index (χ1n) is 13.9. The molecule has 2 fully saturated rings. The van der Waals surface area contributed by atoms with Crippen molar-refractivity contribution < 1.29 is 18.7 Å². The van der Waals surface area contributed by atoms with Gasteiger partial charge >= 0.3 is 5.97 Å². The van der Waals surface area contributed by atoms with Crippen LogP contribution in [0, 0.1) is 34.3 Å². The van der Waals surface area contributed by atoms with E-state index < -0.39 is 28.6 Å². The molecule has 10 nitrogen and oxygen atoms in total. The Kier molecular flexibility index (Phi) is 8.67. The first kappa shape index (κ1) is 29.0. The molecule has 12 heteroatoms. The van der Waals surface area contributed by atoms with Crippen LogP contribution in [0.25, 0.3) is 16.6 Å². The molecule has 2 saturated heterocycles. The Morgan fingerprint density at radius 3 is 1.93 bits per heavy atom. The van der Waals surface area contributed by atoms with Gasteiger partial charge in [0, 0.05) is 95.6 Å². The van der Waals surface area contributed by atoms with Crippen LogP contribution in [-0.4, -0.2) is 90.9 Å². The number of benzene rings is 2. The number of carboxylic acids is 1. The van der Waals surface area contributed by atoms with Gasteiger partial charge in [0.1, 0.15) is 17.2 Å². The Morgan fingerprint density at radius 2 is 1.38 bits per heavy atom. The summed E-state index contributed by atoms with van der Waals surface area (Å²) in [7, 11) is 0. The number of hydrogen-bond acceptors (Lipinski definition) is 8. The van der Waals surface area contributed by atoms with Gasteiger partial charge in [-0.2, -0.15) is 10.5 Å². The third kappa shape index (κ3) is 5.91. The quantitative estimate of drug-likeness (QED) is 0.432. The van der Waals surface area contributed by atoms with E-state index in [1.807, 2.05) is 9.80 Å². The van der Waals surface area contributed by atoms with Gasteiger partial charge < -0.3 is 19.5 Å². The summed E-state index contributed by atoms with van der Waals surface area (Å²) in [6, 6.07) is 11.5. The molecule has 3 aromatic rings. The van der Waals surface area contributed by atoms with Gasteiger partial charge in [-0.3, -0.25) is 14.6 Å². The van der Waals surface area contributed by atoms with Gasteiger partial charge in [-0.25, -0.2) is 13.6 Å². The highest BCUT2D eigenvalue weighted by molar-refractivity contribution is 5.94. The number of nitriles is 2. The summed E-state index contributed by atoms with van der Waals surface area (Å²) in [6.07, 6.45) is 1.96. The molecule has 42 heavy (non-hydrogen) atoms. The minimum Gasteiger partial charge on any atom is -0.477 e. The Hall–Kier alpha value is -4.52. The van der Waals surface area contributed by atoms with E-state index in [2.05, 4.69) is 21.9 Å². The van der Waals surface area contributed by atoms with E-state index >= 15 is 8.78 Å². The molecular weight excluding hydrogens is 544 g/mol. The number of anilines is 2. The summed E-state index contributed by atoms with van der Waals surface area (Å²) in [6.45, 7) is 6.42. The predicted octanol–water partition coefficient (Wildman–Crippen LogP) is 3.04. The number of aromatic nitrogens is 1. The molecule has 2 aliphatic rings. The molecule has 0 bridgehead atoms. The lowest BCUT2D eigenvalue weighted by Crippen LogP contribution is -2.46. The molecule has 0 spiro atoms. The fraction of sp³-hybridized carbons (Fsp3) is 0.400. The van der Waals surface area contributed by atoms with Crippen LogP contribution >= 0.6 is 0 Å². The van der Waals surface area contributed by atoms with Crippen molar-refractivity contribution in [2.24, 2.45) is 0 Å². The monoisotopic (exact) mass is 575 g/mol. The van der Waals surface area contributed by atoms with Gasteiger partial charge in [0.2, 0.25) is 5.43 Å². The number of hydrogen-bond donors (Lipinski definition) is 1. The Labute approximate surface area is 241 Å². The van der Waals surface area contributed by atoms with Crippen molar-refractivity contribution in [1.29, 1.82) is 10.5 Å². The van der Waals surface area contributed by atoms with E-state index in [1.165, 1.54) is 16.7 Å². The number of carbonyl (C=O) groups is 1. The fourth-order valence-corrected chi connectivity index (χ4v) is 5.67. The molecule has 1 N–H and O–H groups in total. The highest BCUT2D eigenvalue weighted by Gasteiger charge is 2.24. The second-order valence-corrected chi connectivity index (χ2v) is 10.5. The van der Waals surface area contributed by atoms with Crippen LogP contribution in [-0.2, 0) is 0 Å². The lowest BCUT2D eigenvalue weighted by atomic mass is 10.1. The zero-order chi connectivity index (χ0) is 29.8. The van der Waals surface area contributed by atoms with Crippen molar-refractivity contribution in [3.05, 3.63) is 63.9 Å². The van der Waals surface area contributed by atoms with E-state index in [-0.39, 0.29) is 22.3 Å². The number of rotatable bonds is 8. The first-order chi connectivity index (χ1) is 20.3. The van der Waals surface area contributed by atoms with Crippen LogP contribution in [0.1, 0.15) is 23.2 Å². The molecule has 0 aliphatic carbocycles. The largest absolute Gasteiger partial charge is 0.477 e. The van der Waals surface area contributed by atoms with Crippen LogP contribution in [0.5, 0.6) is 0 Å². The zero-order valence-corrected chi connectivity index (χ0v) is 23.1. The SMILES string of the molecule is N#CCCN1CCN(c2ccc(-n3cc(C(=O)O)c(=O)c4cc(F)c(N5CCN(CCC#N)CC5)cc43)c(F)c2)CC1. The Balaban J connectivity index is 1.49. The maximum atomic E-state index is 15.7. The summed E-state index contributed by atoms with van der Waals surface area (Å²) in [5.74, 6) is -2.76. The number of pyridine rings is 1. The molecule has 2 aliphatic heterocycles. The smallest absolute Gasteiger partial charge is 0.341 e. The maximum Gasteiger partial charge on any atom is 0.341 e. The second-order valence-electron chi connectivity index (χ2n) is 10.5. The second kappa shape index (κ2) is 12.6. The van der Waals surface area contributed by atoms with Gasteiger partial charge in [-0.05, 0) is 30.3 Å². The topological polar surface area (TPSA) is 120 Å². The number of piperazine rings is 2. The predicted molar refractivity (Wildman–Crippen MR) is 154 cm³/mol. The van der Waals surface area contributed by atoms with Crippen LogP contribution in [0.3, 0.4) is 0 Å². The first-order valence-corrected chi connectivity index (χ1v) is 13.9. The van der Waals surface area contributed by atoms with Crippen molar-refractivity contribution in [2.75, 3.05) is 75.2 Å². The van der Waals surface area contributed by atoms with Gasteiger partial charge in [0.05, 0.1) is 29.0 Å². The summed E-state index contributed by atoms with van der Waals surface area (Å²) < 4.78 is 32.4. The van der Waals surface area contributed by atoms with Crippen molar-refractivity contribution in [3.63, 3.8) is 0 Å². The third-order valence-electron chi connectivity index (χ3n) is 8.02. The summed E-state index contributed by atoms with van der Waals surface area (Å²) in [5.41, 5.74) is -0.278. The molecule has 0 atom stereocenters. The van der Waals surface area contributed by atoms with Crippen molar-refractivity contribution in [2.45, 2.75) is 12.8 Å². The number of fused-ring (bicyclic) bond motifs is 1. The molecule has 3 heterocycles. The highest BCUT2D eigenvalue weighted by Crippen LogP contribution is 2.30. The highest BCUT2D eigenvalue weighted by atomic mass is 19.1. The number of carboxylic acid groups (broad SMARTS) is 1. The van der Waals surface area contributed by atoms with Gasteiger partial charge in [0.15, 0.2) is 0 Å². The molecular formula is C30H31F2N7O3. The average Bonchev–Trinajstić information content (AvgIpc) is 3.00. The molecule has 5 rings (SSSR count). The lowest BCUT2D eigenvalue weighted by molar-refractivity contribution is 0.0695. The summed E-state index contributed by atoms with van der Waals surface area (Å²) in [5, 5.41) is 27.2. The summed E-state index contributed by atoms with van der Waals surface area (Å²) >= 11 is 0. The molecule has 0 saturated carbocycles. The van der Waals surface area contributed by atoms with Crippen molar-refractivity contribution in [1.82, 2.24) is 14.4 Å². The summed E-state index contributed by atoms with van der Waals surface area (Å²) in [4.78, 5) is 33.2. The van der Waals surface area contributed by atoms with Gasteiger partial charge in [-0.1, -0.05) is 0 Å². The Bertz CT molecular complexity index is 1630. The van der Waals surface area contributed by atoms with Crippen molar-refractivity contribution >= 4 is 28.2 Å². The van der Waals surface area contributed by atoms with Gasteiger partial charge in [0.25, 0.3) is 0 Å². The third-order valence-corrected chi connectivity index (χ3v) is 8.02. The molecule has 0 amide bonds.